The highest BCUT2D eigenvalue weighted by atomic mass is 16.3. The number of likely N-dealkylation sites (N-methyl/N-ethyl adjacent to an activating group) is 1. The Morgan fingerprint density at radius 3 is 2.53 bits per heavy atom. The summed E-state index contributed by atoms with van der Waals surface area (Å²) < 4.78 is 5.12. The summed E-state index contributed by atoms with van der Waals surface area (Å²) in [5, 5.41) is 0. The van der Waals surface area contributed by atoms with Gasteiger partial charge in [-0.25, -0.2) is 0 Å². The van der Waals surface area contributed by atoms with Crippen LogP contribution in [-0.2, 0) is 12.0 Å². The molecule has 0 atom stereocenters. The van der Waals surface area contributed by atoms with Crippen molar-refractivity contribution >= 4 is 5.69 Å². The van der Waals surface area contributed by atoms with E-state index in [-0.39, 0.29) is 0 Å². The summed E-state index contributed by atoms with van der Waals surface area (Å²) in [5.74, 6) is 0. The van der Waals surface area contributed by atoms with Crippen molar-refractivity contribution in [2.75, 3.05) is 19.3 Å². The van der Waals surface area contributed by atoms with Crippen LogP contribution in [0.15, 0.2) is 47.3 Å². The highest BCUT2D eigenvalue weighted by molar-refractivity contribution is 5.43. The fourth-order valence-corrected chi connectivity index (χ4v) is 2.79. The molecule has 2 N–H and O–H groups in total. The lowest BCUT2D eigenvalue weighted by molar-refractivity contribution is 0.293. The van der Waals surface area contributed by atoms with Gasteiger partial charge in [-0.2, -0.15) is 0 Å². The van der Waals surface area contributed by atoms with Crippen LogP contribution in [0.1, 0.15) is 24.0 Å². The van der Waals surface area contributed by atoms with Crippen LogP contribution in [0, 0.1) is 0 Å². The predicted octanol–water partition coefficient (Wildman–Crippen LogP) is 3.03. The van der Waals surface area contributed by atoms with Gasteiger partial charge >= 0.3 is 0 Å². The Labute approximate surface area is 114 Å². The van der Waals surface area contributed by atoms with Gasteiger partial charge in [0, 0.05) is 29.8 Å². The monoisotopic (exact) mass is 256 g/mol. The quantitative estimate of drug-likeness (QED) is 0.836. The molecule has 1 aromatic carbocycles. The third-order valence-corrected chi connectivity index (χ3v) is 3.98. The Balaban J connectivity index is 1.67. The molecule has 0 amide bonds. The normalized spacial score (nSPS) is 16.7. The van der Waals surface area contributed by atoms with Crippen LogP contribution in [0.3, 0.4) is 0 Å². The number of nitrogen functional groups attached to an aromatic ring is 1. The third-order valence-electron chi connectivity index (χ3n) is 3.98. The van der Waals surface area contributed by atoms with Crippen LogP contribution in [0.25, 0.3) is 0 Å². The second kappa shape index (κ2) is 4.74. The van der Waals surface area contributed by atoms with Gasteiger partial charge in [0.25, 0.3) is 0 Å². The second-order valence-corrected chi connectivity index (χ2v) is 5.71. The van der Waals surface area contributed by atoms with E-state index in [1.807, 2.05) is 24.5 Å². The molecule has 0 spiro atoms. The number of benzene rings is 1. The van der Waals surface area contributed by atoms with Crippen LogP contribution >= 0.6 is 0 Å². The van der Waals surface area contributed by atoms with Gasteiger partial charge in [-0.15, -0.1) is 0 Å². The van der Waals surface area contributed by atoms with Crippen molar-refractivity contribution in [3.8, 4) is 0 Å². The van der Waals surface area contributed by atoms with Crippen LogP contribution < -0.4 is 5.73 Å². The number of furan rings is 1. The van der Waals surface area contributed by atoms with Crippen molar-refractivity contribution in [3.63, 3.8) is 0 Å². The first-order valence-corrected chi connectivity index (χ1v) is 6.74. The summed E-state index contributed by atoms with van der Waals surface area (Å²) in [4.78, 5) is 2.37. The number of anilines is 1. The smallest absolute Gasteiger partial charge is 0.0947 e. The van der Waals surface area contributed by atoms with Gasteiger partial charge in [0.15, 0.2) is 0 Å². The van der Waals surface area contributed by atoms with E-state index in [0.717, 1.165) is 18.8 Å². The number of nitrogens with two attached hydrogens (primary N) is 1. The Kier molecular flexibility index (Phi) is 3.07. The van der Waals surface area contributed by atoms with Gasteiger partial charge in [-0.05, 0) is 43.7 Å². The lowest BCUT2D eigenvalue weighted by Crippen LogP contribution is -2.28. The molecule has 19 heavy (non-hydrogen) atoms. The van der Waals surface area contributed by atoms with E-state index in [2.05, 4.69) is 24.1 Å². The van der Waals surface area contributed by atoms with E-state index in [1.165, 1.54) is 24.0 Å². The van der Waals surface area contributed by atoms with Gasteiger partial charge in [-0.1, -0.05) is 12.1 Å². The first kappa shape index (κ1) is 12.3. The highest BCUT2D eigenvalue weighted by Crippen LogP contribution is 2.48. The fourth-order valence-electron chi connectivity index (χ4n) is 2.79. The first-order valence-electron chi connectivity index (χ1n) is 6.74. The minimum atomic E-state index is 0.339. The van der Waals surface area contributed by atoms with Crippen LogP contribution in [0.4, 0.5) is 5.69 Å². The SMILES string of the molecule is CN(Cc1ccoc1)CC1(c2ccc(N)cc2)CC1. The molecule has 100 valence electrons. The van der Waals surface area contributed by atoms with Crippen molar-refractivity contribution < 1.29 is 4.42 Å². The number of hydrogen-bond acceptors (Lipinski definition) is 3. The molecule has 0 unspecified atom stereocenters. The maximum absolute atomic E-state index is 5.76. The van der Waals surface area contributed by atoms with Crippen molar-refractivity contribution in [1.82, 2.24) is 4.90 Å². The molecular weight excluding hydrogens is 236 g/mol. The number of rotatable bonds is 5. The summed E-state index contributed by atoms with van der Waals surface area (Å²) in [6.07, 6.45) is 6.09. The average molecular weight is 256 g/mol. The van der Waals surface area contributed by atoms with Crippen molar-refractivity contribution in [1.29, 1.82) is 0 Å². The zero-order valence-electron chi connectivity index (χ0n) is 11.3. The average Bonchev–Trinajstić information content (AvgIpc) is 2.98. The topological polar surface area (TPSA) is 42.4 Å². The summed E-state index contributed by atoms with van der Waals surface area (Å²) in [6.45, 7) is 2.02. The van der Waals surface area contributed by atoms with Gasteiger partial charge in [0.2, 0.25) is 0 Å². The molecule has 2 aromatic rings. The van der Waals surface area contributed by atoms with Gasteiger partial charge in [0.1, 0.15) is 0 Å². The summed E-state index contributed by atoms with van der Waals surface area (Å²) >= 11 is 0. The molecule has 1 aliphatic rings. The minimum absolute atomic E-state index is 0.339. The molecule has 3 nitrogen and oxygen atoms in total. The molecule has 1 aromatic heterocycles. The van der Waals surface area contributed by atoms with Crippen LogP contribution in [-0.4, -0.2) is 18.5 Å². The predicted molar refractivity (Wildman–Crippen MR) is 76.8 cm³/mol. The zero-order valence-corrected chi connectivity index (χ0v) is 11.3. The van der Waals surface area contributed by atoms with Gasteiger partial charge in [-0.3, -0.25) is 0 Å². The molecule has 0 radical (unpaired) electrons. The van der Waals surface area contributed by atoms with E-state index in [9.17, 15) is 0 Å². The molecule has 0 saturated heterocycles. The molecule has 0 bridgehead atoms. The Hall–Kier alpha value is -1.74. The molecular formula is C16H20N2O. The van der Waals surface area contributed by atoms with Crippen molar-refractivity contribution in [2.24, 2.45) is 0 Å². The molecule has 0 aliphatic heterocycles. The minimum Gasteiger partial charge on any atom is -0.472 e. The molecule has 1 fully saturated rings. The summed E-state index contributed by atoms with van der Waals surface area (Å²) in [6, 6.07) is 10.4. The molecule has 1 heterocycles. The molecule has 3 rings (SSSR count). The van der Waals surface area contributed by atoms with Crippen LogP contribution in [0.2, 0.25) is 0 Å². The lowest BCUT2D eigenvalue weighted by Gasteiger charge is -2.23. The van der Waals surface area contributed by atoms with Crippen molar-refractivity contribution in [2.45, 2.75) is 24.8 Å². The van der Waals surface area contributed by atoms with E-state index in [1.54, 1.807) is 6.26 Å². The van der Waals surface area contributed by atoms with Crippen molar-refractivity contribution in [3.05, 3.63) is 54.0 Å². The van der Waals surface area contributed by atoms with E-state index in [4.69, 9.17) is 10.2 Å². The maximum Gasteiger partial charge on any atom is 0.0947 e. The standard InChI is InChI=1S/C16H20N2O/c1-18(10-13-6-9-19-11-13)12-16(7-8-16)14-2-4-15(17)5-3-14/h2-6,9,11H,7-8,10,12,17H2,1H3. The maximum atomic E-state index is 5.76. The summed E-state index contributed by atoms with van der Waals surface area (Å²) in [5.41, 5.74) is 9.59. The third kappa shape index (κ3) is 2.66. The molecule has 1 aliphatic carbocycles. The Bertz CT molecular complexity index is 526. The Morgan fingerprint density at radius 2 is 1.95 bits per heavy atom. The van der Waals surface area contributed by atoms with Crippen LogP contribution in [0.5, 0.6) is 0 Å². The van der Waals surface area contributed by atoms with E-state index < -0.39 is 0 Å². The summed E-state index contributed by atoms with van der Waals surface area (Å²) in [7, 11) is 2.17. The number of nitrogens with zero attached hydrogens (tertiary/aromatic N) is 1. The van der Waals surface area contributed by atoms with E-state index in [0.29, 0.717) is 5.41 Å². The van der Waals surface area contributed by atoms with E-state index >= 15 is 0 Å². The van der Waals surface area contributed by atoms with Gasteiger partial charge < -0.3 is 15.1 Å². The first-order chi connectivity index (χ1) is 9.18. The molecule has 3 heteroatoms. The largest absolute Gasteiger partial charge is 0.472 e. The lowest BCUT2D eigenvalue weighted by atomic mass is 9.95. The second-order valence-electron chi connectivity index (χ2n) is 5.71. The van der Waals surface area contributed by atoms with Gasteiger partial charge in [0.05, 0.1) is 12.5 Å². The fraction of sp³-hybridized carbons (Fsp3) is 0.375. The molecule has 1 saturated carbocycles. The highest BCUT2D eigenvalue weighted by Gasteiger charge is 2.44. The Morgan fingerprint density at radius 1 is 1.21 bits per heavy atom. The number of hydrogen-bond donors (Lipinski definition) is 1. The zero-order chi connectivity index (χ0) is 13.3.